The number of methoxy groups -OCH3 is 1. The highest BCUT2D eigenvalue weighted by Crippen LogP contribution is 2.47. The van der Waals surface area contributed by atoms with Crippen LogP contribution in [0.3, 0.4) is 0 Å². The summed E-state index contributed by atoms with van der Waals surface area (Å²) in [6.45, 7) is 5.53. The lowest BCUT2D eigenvalue weighted by atomic mass is 9.77. The normalized spacial score (nSPS) is 19.4. The van der Waals surface area contributed by atoms with Gasteiger partial charge in [-0.15, -0.1) is 0 Å². The number of halogens is 1. The molecular weight excluding hydrogens is 258 g/mol. The van der Waals surface area contributed by atoms with Gasteiger partial charge in [0, 0.05) is 6.04 Å². The molecule has 0 radical (unpaired) electrons. The Morgan fingerprint density at radius 1 is 1.37 bits per heavy atom. The second-order valence-electron chi connectivity index (χ2n) is 5.75. The van der Waals surface area contributed by atoms with Crippen LogP contribution in [-0.2, 0) is 0 Å². The molecule has 0 amide bonds. The Hall–Kier alpha value is -0.730. The zero-order chi connectivity index (χ0) is 13.9. The molecule has 2 nitrogen and oxygen atoms in total. The fourth-order valence-electron chi connectivity index (χ4n) is 3.30. The molecule has 1 atom stereocenters. The summed E-state index contributed by atoms with van der Waals surface area (Å²) in [6, 6.07) is 6.54. The number of rotatable bonds is 5. The van der Waals surface area contributed by atoms with Crippen LogP contribution in [0.5, 0.6) is 5.75 Å². The third-order valence-corrected chi connectivity index (χ3v) is 4.66. The Kier molecular flexibility index (Phi) is 4.75. The van der Waals surface area contributed by atoms with E-state index >= 15 is 0 Å². The maximum Gasteiger partial charge on any atom is 0.137 e. The first kappa shape index (κ1) is 14.7. The molecule has 2 rings (SSSR count). The summed E-state index contributed by atoms with van der Waals surface area (Å²) < 4.78 is 5.24. The monoisotopic (exact) mass is 281 g/mol. The van der Waals surface area contributed by atoms with Gasteiger partial charge < -0.3 is 10.1 Å². The van der Waals surface area contributed by atoms with E-state index < -0.39 is 0 Å². The molecular formula is C16H24ClNO. The van der Waals surface area contributed by atoms with E-state index in [9.17, 15) is 0 Å². The average Bonchev–Trinajstić information content (AvgIpc) is 2.83. The molecule has 1 unspecified atom stereocenters. The van der Waals surface area contributed by atoms with Gasteiger partial charge in [-0.3, -0.25) is 0 Å². The van der Waals surface area contributed by atoms with Crippen LogP contribution in [0.4, 0.5) is 0 Å². The molecule has 1 N–H and O–H groups in total. The molecule has 0 aromatic heterocycles. The van der Waals surface area contributed by atoms with Gasteiger partial charge in [-0.25, -0.2) is 0 Å². The van der Waals surface area contributed by atoms with Gasteiger partial charge in [0.2, 0.25) is 0 Å². The van der Waals surface area contributed by atoms with Crippen LogP contribution in [0.1, 0.15) is 51.1 Å². The Morgan fingerprint density at radius 2 is 2.05 bits per heavy atom. The minimum atomic E-state index is 0.341. The van der Waals surface area contributed by atoms with Crippen LogP contribution in [0.15, 0.2) is 18.2 Å². The number of hydrogen-bond donors (Lipinski definition) is 1. The van der Waals surface area contributed by atoms with Gasteiger partial charge >= 0.3 is 0 Å². The number of hydrogen-bond acceptors (Lipinski definition) is 2. The van der Waals surface area contributed by atoms with Crippen LogP contribution in [0.25, 0.3) is 0 Å². The first-order valence-corrected chi connectivity index (χ1v) is 7.55. The second-order valence-corrected chi connectivity index (χ2v) is 6.15. The standard InChI is InChI=1S/C16H24ClNO/c1-4-18-15(16(2)9-5-6-10-16)12-7-8-14(19-3)13(17)11-12/h7-8,11,15,18H,4-6,9-10H2,1-3H3. The highest BCUT2D eigenvalue weighted by atomic mass is 35.5. The van der Waals surface area contributed by atoms with Crippen molar-refractivity contribution < 1.29 is 4.74 Å². The summed E-state index contributed by atoms with van der Waals surface area (Å²) in [6.07, 6.45) is 5.24. The fraction of sp³-hybridized carbons (Fsp3) is 0.625. The molecule has 19 heavy (non-hydrogen) atoms. The van der Waals surface area contributed by atoms with Gasteiger partial charge in [0.15, 0.2) is 0 Å². The maximum absolute atomic E-state index is 6.27. The molecule has 106 valence electrons. The highest BCUT2D eigenvalue weighted by Gasteiger charge is 2.37. The van der Waals surface area contributed by atoms with E-state index in [1.165, 1.54) is 31.2 Å². The van der Waals surface area contributed by atoms with Crippen molar-refractivity contribution in [2.24, 2.45) is 5.41 Å². The van der Waals surface area contributed by atoms with Gasteiger partial charge in [-0.1, -0.05) is 44.4 Å². The fourth-order valence-corrected chi connectivity index (χ4v) is 3.57. The van der Waals surface area contributed by atoms with E-state index in [-0.39, 0.29) is 0 Å². The van der Waals surface area contributed by atoms with Crippen LogP contribution < -0.4 is 10.1 Å². The van der Waals surface area contributed by atoms with Crippen molar-refractivity contribution in [1.29, 1.82) is 0 Å². The number of ether oxygens (including phenoxy) is 1. The number of benzene rings is 1. The third-order valence-electron chi connectivity index (χ3n) is 4.36. The van der Waals surface area contributed by atoms with Crippen molar-refractivity contribution in [3.05, 3.63) is 28.8 Å². The quantitative estimate of drug-likeness (QED) is 0.853. The molecule has 1 saturated carbocycles. The predicted octanol–water partition coefficient (Wildman–Crippen LogP) is 4.58. The molecule has 1 aromatic rings. The van der Waals surface area contributed by atoms with E-state index in [2.05, 4.69) is 31.3 Å². The second kappa shape index (κ2) is 6.15. The van der Waals surface area contributed by atoms with E-state index in [0.29, 0.717) is 16.5 Å². The zero-order valence-electron chi connectivity index (χ0n) is 12.1. The summed E-state index contributed by atoms with van der Waals surface area (Å²) in [5, 5.41) is 4.35. The van der Waals surface area contributed by atoms with Gasteiger partial charge in [-0.05, 0) is 42.5 Å². The summed E-state index contributed by atoms with van der Waals surface area (Å²) >= 11 is 6.27. The minimum absolute atomic E-state index is 0.341. The van der Waals surface area contributed by atoms with Crippen molar-refractivity contribution in [1.82, 2.24) is 5.32 Å². The van der Waals surface area contributed by atoms with E-state index in [1.54, 1.807) is 7.11 Å². The van der Waals surface area contributed by atoms with Crippen molar-refractivity contribution in [2.75, 3.05) is 13.7 Å². The summed E-state index contributed by atoms with van der Waals surface area (Å²) in [4.78, 5) is 0. The lowest BCUT2D eigenvalue weighted by Crippen LogP contribution is -2.34. The van der Waals surface area contributed by atoms with Gasteiger partial charge in [0.05, 0.1) is 12.1 Å². The lowest BCUT2D eigenvalue weighted by molar-refractivity contribution is 0.226. The molecule has 1 aliphatic carbocycles. The highest BCUT2D eigenvalue weighted by molar-refractivity contribution is 6.32. The van der Waals surface area contributed by atoms with E-state index in [4.69, 9.17) is 16.3 Å². The Bertz CT molecular complexity index is 427. The lowest BCUT2D eigenvalue weighted by Gasteiger charge is -2.35. The molecule has 0 aliphatic heterocycles. The molecule has 0 spiro atoms. The summed E-state index contributed by atoms with van der Waals surface area (Å²) in [7, 11) is 1.65. The van der Waals surface area contributed by atoms with Gasteiger partial charge in [0.1, 0.15) is 5.75 Å². The van der Waals surface area contributed by atoms with Crippen molar-refractivity contribution in [2.45, 2.75) is 45.6 Å². The van der Waals surface area contributed by atoms with Crippen molar-refractivity contribution in [3.63, 3.8) is 0 Å². The van der Waals surface area contributed by atoms with Crippen LogP contribution in [-0.4, -0.2) is 13.7 Å². The average molecular weight is 282 g/mol. The van der Waals surface area contributed by atoms with Crippen molar-refractivity contribution >= 4 is 11.6 Å². The molecule has 1 fully saturated rings. The van der Waals surface area contributed by atoms with E-state index in [1.807, 2.05) is 6.07 Å². The molecule has 0 heterocycles. The summed E-state index contributed by atoms with van der Waals surface area (Å²) in [5.41, 5.74) is 1.62. The topological polar surface area (TPSA) is 21.3 Å². The molecule has 1 aromatic carbocycles. The van der Waals surface area contributed by atoms with Gasteiger partial charge in [-0.2, -0.15) is 0 Å². The molecule has 1 aliphatic rings. The Morgan fingerprint density at radius 3 is 2.58 bits per heavy atom. The first-order chi connectivity index (χ1) is 9.10. The van der Waals surface area contributed by atoms with Crippen molar-refractivity contribution in [3.8, 4) is 5.75 Å². The third kappa shape index (κ3) is 3.06. The van der Waals surface area contributed by atoms with Crippen LogP contribution >= 0.6 is 11.6 Å². The Balaban J connectivity index is 2.30. The predicted molar refractivity (Wildman–Crippen MR) is 81.0 cm³/mol. The first-order valence-electron chi connectivity index (χ1n) is 7.17. The Labute approximate surface area is 121 Å². The smallest absolute Gasteiger partial charge is 0.137 e. The summed E-state index contributed by atoms with van der Waals surface area (Å²) in [5.74, 6) is 0.747. The van der Waals surface area contributed by atoms with Crippen LogP contribution in [0.2, 0.25) is 5.02 Å². The molecule has 0 bridgehead atoms. The minimum Gasteiger partial charge on any atom is -0.495 e. The molecule has 0 saturated heterocycles. The largest absolute Gasteiger partial charge is 0.495 e. The molecule has 3 heteroatoms. The maximum atomic E-state index is 6.27. The number of nitrogens with one attached hydrogen (secondary N) is 1. The van der Waals surface area contributed by atoms with E-state index in [0.717, 1.165) is 12.3 Å². The SMILES string of the molecule is CCNC(c1ccc(OC)c(Cl)c1)C1(C)CCCC1. The zero-order valence-corrected chi connectivity index (χ0v) is 12.9. The van der Waals surface area contributed by atoms with Gasteiger partial charge in [0.25, 0.3) is 0 Å². The van der Waals surface area contributed by atoms with Crippen LogP contribution in [0, 0.1) is 5.41 Å².